The lowest BCUT2D eigenvalue weighted by Crippen LogP contribution is -2.43. The Morgan fingerprint density at radius 3 is 1.74 bits per heavy atom. The van der Waals surface area contributed by atoms with Crippen LogP contribution >= 0.6 is 11.6 Å². The number of halogens is 1. The third-order valence-electron chi connectivity index (χ3n) is 10.0. The van der Waals surface area contributed by atoms with Gasteiger partial charge >= 0.3 is 0 Å². The second kappa shape index (κ2) is 10.9. The molecule has 1 N–H and O–H groups in total. The second-order valence-corrected chi connectivity index (χ2v) is 12.9. The van der Waals surface area contributed by atoms with Crippen LogP contribution in [0.1, 0.15) is 58.9 Å². The van der Waals surface area contributed by atoms with Crippen molar-refractivity contribution in [3.63, 3.8) is 0 Å². The maximum Gasteiger partial charge on any atom is 0.238 e. The van der Waals surface area contributed by atoms with Crippen molar-refractivity contribution in [1.82, 2.24) is 0 Å². The average Bonchev–Trinajstić information content (AvgIpc) is 3.44. The quantitative estimate of drug-likeness (QED) is 0.223. The van der Waals surface area contributed by atoms with E-state index in [9.17, 15) is 33.9 Å². The highest BCUT2D eigenvalue weighted by Gasteiger charge is 2.62. The Bertz CT molecular complexity index is 1900. The number of hydrogen-bond acceptors (Lipinski definition) is 7. The molecule has 0 bridgehead atoms. The standard InChI is InChI=1S/C36H29ClN2O7/c1-17(40)19-3-7-21(8-4-19)38-33(43)26-14-13-24-27(31(26)35(38)45)16-28-32(30(24)25-12-11-23(42)15-29(25)37)36(46)39(34(28)44)22-9-5-20(6-10-22)18(2)41/h3-13,15,26-28,30-32,42H,14,16H2,1-2H3. The Labute approximate surface area is 269 Å². The first-order valence-corrected chi connectivity index (χ1v) is 15.5. The van der Waals surface area contributed by atoms with Crippen molar-refractivity contribution in [2.24, 2.45) is 29.6 Å². The van der Waals surface area contributed by atoms with Gasteiger partial charge in [-0.15, -0.1) is 0 Å². The Hall–Kier alpha value is -4.89. The van der Waals surface area contributed by atoms with Crippen molar-refractivity contribution in [1.29, 1.82) is 0 Å². The van der Waals surface area contributed by atoms with E-state index in [-0.39, 0.29) is 47.0 Å². The molecular weight excluding hydrogens is 608 g/mol. The zero-order valence-electron chi connectivity index (χ0n) is 25.0. The zero-order valence-corrected chi connectivity index (χ0v) is 25.7. The number of allylic oxidation sites excluding steroid dienone is 2. The molecule has 2 aliphatic heterocycles. The van der Waals surface area contributed by atoms with Crippen LogP contribution in [0.25, 0.3) is 0 Å². The van der Waals surface area contributed by atoms with E-state index in [0.29, 0.717) is 28.1 Å². The molecule has 7 rings (SSSR count). The number of benzene rings is 3. The Kier molecular flexibility index (Phi) is 7.05. The Morgan fingerprint density at radius 2 is 1.22 bits per heavy atom. The van der Waals surface area contributed by atoms with Crippen molar-refractivity contribution < 1.29 is 33.9 Å². The molecule has 2 saturated heterocycles. The van der Waals surface area contributed by atoms with Gasteiger partial charge in [-0.05, 0) is 98.8 Å². The summed E-state index contributed by atoms with van der Waals surface area (Å²) < 4.78 is 0. The molecule has 0 radical (unpaired) electrons. The van der Waals surface area contributed by atoms with Gasteiger partial charge < -0.3 is 5.11 Å². The van der Waals surface area contributed by atoms with Crippen LogP contribution in [0.4, 0.5) is 11.4 Å². The minimum atomic E-state index is -0.830. The number of rotatable bonds is 5. The summed E-state index contributed by atoms with van der Waals surface area (Å²) in [6, 6.07) is 17.1. The van der Waals surface area contributed by atoms with Crippen molar-refractivity contribution >= 4 is 58.2 Å². The molecule has 6 unspecified atom stereocenters. The van der Waals surface area contributed by atoms with Crippen LogP contribution < -0.4 is 9.80 Å². The highest BCUT2D eigenvalue weighted by Crippen LogP contribution is 2.59. The van der Waals surface area contributed by atoms with E-state index in [1.165, 1.54) is 30.9 Å². The lowest BCUT2D eigenvalue weighted by molar-refractivity contribution is -0.126. The maximum atomic E-state index is 14.2. The Balaban J connectivity index is 1.31. The average molecular weight is 637 g/mol. The Morgan fingerprint density at radius 1 is 0.696 bits per heavy atom. The minimum Gasteiger partial charge on any atom is -0.508 e. The van der Waals surface area contributed by atoms with E-state index in [1.54, 1.807) is 54.6 Å². The molecule has 0 aromatic heterocycles. The molecule has 4 amide bonds. The summed E-state index contributed by atoms with van der Waals surface area (Å²) >= 11 is 6.69. The fourth-order valence-electron chi connectivity index (χ4n) is 7.90. The molecule has 10 heteroatoms. The number of ketones is 2. The molecule has 9 nitrogen and oxygen atoms in total. The van der Waals surface area contributed by atoms with Crippen LogP contribution in [0.3, 0.4) is 0 Å². The first-order chi connectivity index (χ1) is 22.0. The van der Waals surface area contributed by atoms with Gasteiger partial charge in [0.1, 0.15) is 5.75 Å². The molecular formula is C36H29ClN2O7. The maximum absolute atomic E-state index is 14.2. The first-order valence-electron chi connectivity index (χ1n) is 15.1. The first kappa shape index (κ1) is 29.8. The van der Waals surface area contributed by atoms with Crippen molar-refractivity contribution in [3.05, 3.63) is 100 Å². The van der Waals surface area contributed by atoms with Gasteiger partial charge in [-0.1, -0.05) is 29.3 Å². The molecule has 1 saturated carbocycles. The number of nitrogens with zero attached hydrogens (tertiary/aromatic N) is 2. The lowest BCUT2D eigenvalue weighted by atomic mass is 9.57. The van der Waals surface area contributed by atoms with Gasteiger partial charge in [-0.25, -0.2) is 0 Å². The summed E-state index contributed by atoms with van der Waals surface area (Å²) in [7, 11) is 0. The van der Waals surface area contributed by atoms with Gasteiger partial charge in [0.15, 0.2) is 11.6 Å². The molecule has 232 valence electrons. The van der Waals surface area contributed by atoms with E-state index in [1.807, 2.05) is 6.08 Å². The van der Waals surface area contributed by atoms with Crippen LogP contribution in [0.15, 0.2) is 78.4 Å². The molecule has 0 spiro atoms. The number of imide groups is 2. The largest absolute Gasteiger partial charge is 0.508 e. The SMILES string of the molecule is CC(=O)c1ccc(N2C(=O)C3CC=C4C(CC5C(=O)N(c6ccc(C(C)=O)cc6)C(=O)C5C4c4ccc(O)cc4Cl)C3C2=O)cc1. The fraction of sp³-hybridized carbons (Fsp3) is 0.278. The molecule has 3 fully saturated rings. The van der Waals surface area contributed by atoms with Crippen molar-refractivity contribution in [2.75, 3.05) is 9.80 Å². The van der Waals surface area contributed by atoms with Crippen LogP contribution in [0.2, 0.25) is 5.02 Å². The number of Topliss-reactive ketones (excluding diaryl/α,β-unsaturated/α-hetero) is 2. The van der Waals surface area contributed by atoms with Gasteiger partial charge in [-0.2, -0.15) is 0 Å². The van der Waals surface area contributed by atoms with Crippen LogP contribution in [0, 0.1) is 29.6 Å². The molecule has 3 aromatic carbocycles. The summed E-state index contributed by atoms with van der Waals surface area (Å²) in [6.45, 7) is 2.87. The van der Waals surface area contributed by atoms with Gasteiger partial charge in [0, 0.05) is 22.1 Å². The summed E-state index contributed by atoms with van der Waals surface area (Å²) in [5, 5.41) is 10.3. The summed E-state index contributed by atoms with van der Waals surface area (Å²) in [6.07, 6.45) is 2.38. The predicted molar refractivity (Wildman–Crippen MR) is 169 cm³/mol. The van der Waals surface area contributed by atoms with Crippen LogP contribution in [0.5, 0.6) is 5.75 Å². The summed E-state index contributed by atoms with van der Waals surface area (Å²) in [4.78, 5) is 82.2. The third kappa shape index (κ3) is 4.44. The predicted octanol–water partition coefficient (Wildman–Crippen LogP) is 5.50. The molecule has 46 heavy (non-hydrogen) atoms. The number of carbonyl (C=O) groups is 6. The topological polar surface area (TPSA) is 129 Å². The zero-order chi connectivity index (χ0) is 32.6. The van der Waals surface area contributed by atoms with Crippen molar-refractivity contribution in [3.8, 4) is 5.75 Å². The number of fused-ring (bicyclic) bond motifs is 4. The van der Waals surface area contributed by atoms with E-state index in [2.05, 4.69) is 0 Å². The monoisotopic (exact) mass is 636 g/mol. The minimum absolute atomic E-state index is 0.0561. The second-order valence-electron chi connectivity index (χ2n) is 12.5. The van der Waals surface area contributed by atoms with Crippen LogP contribution in [-0.2, 0) is 19.2 Å². The van der Waals surface area contributed by atoms with Gasteiger partial charge in [-0.3, -0.25) is 38.6 Å². The highest BCUT2D eigenvalue weighted by molar-refractivity contribution is 6.32. The molecule has 6 atom stereocenters. The van der Waals surface area contributed by atoms with E-state index in [0.717, 1.165) is 10.5 Å². The van der Waals surface area contributed by atoms with Gasteiger partial charge in [0.05, 0.1) is 35.0 Å². The normalized spacial score (nSPS) is 26.9. The van der Waals surface area contributed by atoms with E-state index in [4.69, 9.17) is 11.6 Å². The van der Waals surface area contributed by atoms with Crippen LogP contribution in [-0.4, -0.2) is 40.3 Å². The summed E-state index contributed by atoms with van der Waals surface area (Å²) in [5.41, 5.74) is 2.94. The van der Waals surface area contributed by atoms with E-state index < -0.39 is 47.3 Å². The summed E-state index contributed by atoms with van der Waals surface area (Å²) in [5.74, 6) is -6.14. The molecule has 2 heterocycles. The molecule has 3 aromatic rings. The number of carbonyl (C=O) groups excluding carboxylic acids is 6. The number of aromatic hydroxyl groups is 1. The highest BCUT2D eigenvalue weighted by atomic mass is 35.5. The van der Waals surface area contributed by atoms with Gasteiger partial charge in [0.25, 0.3) is 0 Å². The van der Waals surface area contributed by atoms with Crippen molar-refractivity contribution in [2.45, 2.75) is 32.6 Å². The third-order valence-corrected chi connectivity index (χ3v) is 10.4. The number of hydrogen-bond donors (Lipinski definition) is 1. The lowest BCUT2D eigenvalue weighted by Gasteiger charge is -2.44. The van der Waals surface area contributed by atoms with Gasteiger partial charge in [0.2, 0.25) is 23.6 Å². The van der Waals surface area contributed by atoms with E-state index >= 15 is 0 Å². The number of phenols is 1. The number of phenolic OH excluding ortho intramolecular Hbond substituents is 1. The fourth-order valence-corrected chi connectivity index (χ4v) is 8.20. The number of anilines is 2. The smallest absolute Gasteiger partial charge is 0.238 e. The number of amides is 4. The molecule has 4 aliphatic rings. The molecule has 2 aliphatic carbocycles.